The highest BCUT2D eigenvalue weighted by Crippen LogP contribution is 2.21. The number of rotatable bonds is 4. The Balaban J connectivity index is 2.01. The molecule has 1 aromatic carbocycles. The lowest BCUT2D eigenvalue weighted by Crippen LogP contribution is -2.28. The molecule has 2 rings (SSSR count). The first-order valence-electron chi connectivity index (χ1n) is 6.42. The number of carbonyl (C=O) groups is 1. The molecule has 0 saturated heterocycles. The van der Waals surface area contributed by atoms with Gasteiger partial charge in [0, 0.05) is 17.8 Å². The van der Waals surface area contributed by atoms with Crippen molar-refractivity contribution in [3.05, 3.63) is 52.8 Å². The van der Waals surface area contributed by atoms with Crippen LogP contribution in [0.2, 0.25) is 0 Å². The summed E-state index contributed by atoms with van der Waals surface area (Å²) in [6.07, 6.45) is 0. The summed E-state index contributed by atoms with van der Waals surface area (Å²) in [5.74, 6) is -0.168. The highest BCUT2D eigenvalue weighted by atomic mass is 16.1. The monoisotopic (exact) mass is 257 g/mol. The predicted octanol–water partition coefficient (Wildman–Crippen LogP) is 2.45. The number of hydrogen-bond donors (Lipinski definition) is 2. The lowest BCUT2D eigenvalue weighted by Gasteiger charge is -2.12. The summed E-state index contributed by atoms with van der Waals surface area (Å²) in [5, 5.41) is 10.0. The normalized spacial score (nSPS) is 12.2. The number of benzene rings is 1. The molecule has 0 bridgehead atoms. The molecule has 0 aliphatic carbocycles. The van der Waals surface area contributed by atoms with Crippen molar-refractivity contribution in [2.75, 3.05) is 0 Å². The van der Waals surface area contributed by atoms with E-state index in [1.807, 2.05) is 51.1 Å². The van der Waals surface area contributed by atoms with E-state index in [-0.39, 0.29) is 11.8 Å². The SMILES string of the molecule is Cc1n[nH]c(C)c1C(C)C(=O)NCc1ccccc1. The number of amides is 1. The minimum atomic E-state index is -0.192. The second kappa shape index (κ2) is 5.69. The average molecular weight is 257 g/mol. The summed E-state index contributed by atoms with van der Waals surface area (Å²) in [6, 6.07) is 9.90. The van der Waals surface area contributed by atoms with Crippen LogP contribution in [0.25, 0.3) is 0 Å². The van der Waals surface area contributed by atoms with E-state index in [2.05, 4.69) is 15.5 Å². The van der Waals surface area contributed by atoms with Crippen molar-refractivity contribution in [1.82, 2.24) is 15.5 Å². The number of aryl methyl sites for hydroxylation is 2. The van der Waals surface area contributed by atoms with E-state index in [0.717, 1.165) is 22.5 Å². The van der Waals surface area contributed by atoms with Crippen LogP contribution < -0.4 is 5.32 Å². The fourth-order valence-electron chi connectivity index (χ4n) is 2.27. The molecule has 1 atom stereocenters. The Morgan fingerprint density at radius 2 is 2.00 bits per heavy atom. The fourth-order valence-corrected chi connectivity index (χ4v) is 2.27. The van der Waals surface area contributed by atoms with Crippen LogP contribution in [0.3, 0.4) is 0 Å². The average Bonchev–Trinajstić information content (AvgIpc) is 2.76. The minimum absolute atomic E-state index is 0.0245. The van der Waals surface area contributed by atoms with E-state index in [0.29, 0.717) is 6.54 Å². The first kappa shape index (κ1) is 13.3. The zero-order chi connectivity index (χ0) is 13.8. The number of aromatic nitrogens is 2. The van der Waals surface area contributed by atoms with Gasteiger partial charge in [0.1, 0.15) is 0 Å². The van der Waals surface area contributed by atoms with Gasteiger partial charge in [0.2, 0.25) is 5.91 Å². The van der Waals surface area contributed by atoms with E-state index < -0.39 is 0 Å². The third-order valence-electron chi connectivity index (χ3n) is 3.32. The summed E-state index contributed by atoms with van der Waals surface area (Å²) in [6.45, 7) is 6.32. The molecule has 0 radical (unpaired) electrons. The van der Waals surface area contributed by atoms with Crippen LogP contribution in [-0.2, 0) is 11.3 Å². The van der Waals surface area contributed by atoms with Gasteiger partial charge in [-0.15, -0.1) is 0 Å². The molecular weight excluding hydrogens is 238 g/mol. The number of nitrogens with one attached hydrogen (secondary N) is 2. The molecule has 2 aromatic rings. The zero-order valence-electron chi connectivity index (χ0n) is 11.5. The first-order chi connectivity index (χ1) is 9.09. The number of hydrogen-bond acceptors (Lipinski definition) is 2. The van der Waals surface area contributed by atoms with Crippen LogP contribution in [0.15, 0.2) is 30.3 Å². The molecule has 0 fully saturated rings. The van der Waals surface area contributed by atoms with Gasteiger partial charge in [0.25, 0.3) is 0 Å². The van der Waals surface area contributed by atoms with E-state index in [9.17, 15) is 4.79 Å². The molecule has 4 heteroatoms. The summed E-state index contributed by atoms with van der Waals surface area (Å²) in [5.41, 5.74) is 3.94. The molecule has 1 heterocycles. The highest BCUT2D eigenvalue weighted by molar-refractivity contribution is 5.83. The fraction of sp³-hybridized carbons (Fsp3) is 0.333. The first-order valence-corrected chi connectivity index (χ1v) is 6.42. The molecule has 0 spiro atoms. The summed E-state index contributed by atoms with van der Waals surface area (Å²) in [7, 11) is 0. The highest BCUT2D eigenvalue weighted by Gasteiger charge is 2.20. The maximum atomic E-state index is 12.2. The van der Waals surface area contributed by atoms with Crippen molar-refractivity contribution >= 4 is 5.91 Å². The maximum absolute atomic E-state index is 12.2. The Kier molecular flexibility index (Phi) is 4.00. The number of H-pyrrole nitrogens is 1. The largest absolute Gasteiger partial charge is 0.352 e. The maximum Gasteiger partial charge on any atom is 0.227 e. The van der Waals surface area contributed by atoms with Crippen LogP contribution in [0.1, 0.15) is 35.4 Å². The topological polar surface area (TPSA) is 57.8 Å². The Bertz CT molecular complexity index is 541. The molecule has 0 aliphatic rings. The third-order valence-corrected chi connectivity index (χ3v) is 3.32. The van der Waals surface area contributed by atoms with Gasteiger partial charge in [-0.05, 0) is 26.3 Å². The third kappa shape index (κ3) is 3.02. The van der Waals surface area contributed by atoms with Gasteiger partial charge in [-0.25, -0.2) is 0 Å². The molecule has 100 valence electrons. The smallest absolute Gasteiger partial charge is 0.227 e. The summed E-state index contributed by atoms with van der Waals surface area (Å²) < 4.78 is 0. The lowest BCUT2D eigenvalue weighted by molar-refractivity contribution is -0.122. The standard InChI is InChI=1S/C15H19N3O/c1-10(14-11(2)17-18-12(14)3)15(19)16-9-13-7-5-4-6-8-13/h4-8,10H,9H2,1-3H3,(H,16,19)(H,17,18). The molecule has 1 unspecified atom stereocenters. The molecule has 0 aliphatic heterocycles. The van der Waals surface area contributed by atoms with Crippen LogP contribution in [0.5, 0.6) is 0 Å². The number of aromatic amines is 1. The van der Waals surface area contributed by atoms with Gasteiger partial charge in [-0.1, -0.05) is 30.3 Å². The molecule has 0 saturated carbocycles. The molecule has 2 N–H and O–H groups in total. The van der Waals surface area contributed by atoms with Crippen molar-refractivity contribution in [2.45, 2.75) is 33.2 Å². The Morgan fingerprint density at radius 3 is 2.58 bits per heavy atom. The second-order valence-corrected chi connectivity index (χ2v) is 4.77. The van der Waals surface area contributed by atoms with Crippen molar-refractivity contribution in [2.24, 2.45) is 0 Å². The van der Waals surface area contributed by atoms with Gasteiger partial charge in [0.15, 0.2) is 0 Å². The van der Waals surface area contributed by atoms with Crippen molar-refractivity contribution in [3.63, 3.8) is 0 Å². The summed E-state index contributed by atoms with van der Waals surface area (Å²) >= 11 is 0. The minimum Gasteiger partial charge on any atom is -0.352 e. The zero-order valence-corrected chi connectivity index (χ0v) is 11.5. The van der Waals surface area contributed by atoms with Crippen molar-refractivity contribution < 1.29 is 4.79 Å². The molecular formula is C15H19N3O. The molecule has 4 nitrogen and oxygen atoms in total. The Morgan fingerprint density at radius 1 is 1.32 bits per heavy atom. The van der Waals surface area contributed by atoms with E-state index in [4.69, 9.17) is 0 Å². The Hall–Kier alpha value is -2.10. The van der Waals surface area contributed by atoms with Gasteiger partial charge >= 0.3 is 0 Å². The van der Waals surface area contributed by atoms with Crippen LogP contribution in [0, 0.1) is 13.8 Å². The Labute approximate surface area is 113 Å². The van der Waals surface area contributed by atoms with E-state index in [1.54, 1.807) is 0 Å². The van der Waals surface area contributed by atoms with Gasteiger partial charge in [-0.3, -0.25) is 9.89 Å². The molecule has 1 amide bonds. The van der Waals surface area contributed by atoms with Gasteiger partial charge < -0.3 is 5.32 Å². The van der Waals surface area contributed by atoms with E-state index >= 15 is 0 Å². The summed E-state index contributed by atoms with van der Waals surface area (Å²) in [4.78, 5) is 12.2. The number of carbonyl (C=O) groups excluding carboxylic acids is 1. The predicted molar refractivity (Wildman–Crippen MR) is 74.8 cm³/mol. The van der Waals surface area contributed by atoms with E-state index in [1.165, 1.54) is 0 Å². The van der Waals surface area contributed by atoms with Crippen LogP contribution >= 0.6 is 0 Å². The van der Waals surface area contributed by atoms with Crippen molar-refractivity contribution in [1.29, 1.82) is 0 Å². The quantitative estimate of drug-likeness (QED) is 0.884. The van der Waals surface area contributed by atoms with Crippen LogP contribution in [-0.4, -0.2) is 16.1 Å². The molecule has 1 aromatic heterocycles. The second-order valence-electron chi connectivity index (χ2n) is 4.77. The number of nitrogens with zero attached hydrogens (tertiary/aromatic N) is 1. The lowest BCUT2D eigenvalue weighted by atomic mass is 9.98. The van der Waals surface area contributed by atoms with Gasteiger partial charge in [-0.2, -0.15) is 5.10 Å². The van der Waals surface area contributed by atoms with Gasteiger partial charge in [0.05, 0.1) is 11.6 Å². The molecule has 19 heavy (non-hydrogen) atoms. The van der Waals surface area contributed by atoms with Crippen molar-refractivity contribution in [3.8, 4) is 0 Å². The van der Waals surface area contributed by atoms with Crippen LogP contribution in [0.4, 0.5) is 0 Å².